The van der Waals surface area contributed by atoms with Crippen molar-refractivity contribution in [2.75, 3.05) is 26.2 Å². The second-order valence-corrected chi connectivity index (χ2v) is 7.30. The lowest BCUT2D eigenvalue weighted by atomic mass is 10.1. The minimum atomic E-state index is -0.653. The maximum absolute atomic E-state index is 12.7. The summed E-state index contributed by atoms with van der Waals surface area (Å²) >= 11 is 1.47. The van der Waals surface area contributed by atoms with E-state index in [1.807, 2.05) is 35.7 Å². The van der Waals surface area contributed by atoms with Crippen molar-refractivity contribution in [2.24, 2.45) is 5.73 Å². The van der Waals surface area contributed by atoms with Crippen molar-refractivity contribution in [1.29, 1.82) is 0 Å². The minimum Gasteiger partial charge on any atom is -0.352 e. The second kappa shape index (κ2) is 8.68. The van der Waals surface area contributed by atoms with Gasteiger partial charge in [0.05, 0.1) is 12.5 Å². The summed E-state index contributed by atoms with van der Waals surface area (Å²) in [4.78, 5) is 40.8. The number of primary amides is 1. The molecular formula is C19H22N4O3S. The quantitative estimate of drug-likeness (QED) is 0.821. The lowest BCUT2D eigenvalue weighted by Gasteiger charge is -2.35. The summed E-state index contributed by atoms with van der Waals surface area (Å²) < 4.78 is 0. The van der Waals surface area contributed by atoms with Gasteiger partial charge in [0.15, 0.2) is 0 Å². The zero-order chi connectivity index (χ0) is 19.2. The normalized spacial score (nSPS) is 15.3. The van der Waals surface area contributed by atoms with Gasteiger partial charge in [-0.15, -0.1) is 11.3 Å². The Labute approximate surface area is 161 Å². The Balaban J connectivity index is 1.56. The number of amides is 4. The first-order valence-electron chi connectivity index (χ1n) is 8.76. The van der Waals surface area contributed by atoms with E-state index >= 15 is 0 Å². The number of rotatable bonds is 5. The highest BCUT2D eigenvalue weighted by atomic mass is 32.1. The summed E-state index contributed by atoms with van der Waals surface area (Å²) in [6.45, 7) is 1.94. The standard InChI is InChI=1S/C19H22N4O3S/c20-19(26)21-15(16-7-4-12-27-16)13-17(24)22-8-10-23(11-9-22)18(25)14-5-2-1-3-6-14/h1-7,12,15H,8-11,13H2,(H3,20,21,26). The number of thiophene rings is 1. The number of hydrogen-bond acceptors (Lipinski definition) is 4. The maximum Gasteiger partial charge on any atom is 0.312 e. The summed E-state index contributed by atoms with van der Waals surface area (Å²) in [6.07, 6.45) is 0.149. The van der Waals surface area contributed by atoms with Crippen LogP contribution in [0.15, 0.2) is 47.8 Å². The number of carbonyl (C=O) groups excluding carboxylic acids is 3. The molecule has 0 bridgehead atoms. The van der Waals surface area contributed by atoms with Gasteiger partial charge in [0.1, 0.15) is 0 Å². The number of nitrogens with two attached hydrogens (primary N) is 1. The Kier molecular flexibility index (Phi) is 6.08. The Morgan fingerprint density at radius 2 is 1.67 bits per heavy atom. The molecule has 0 radical (unpaired) electrons. The number of piperazine rings is 1. The predicted octanol–water partition coefficient (Wildman–Crippen LogP) is 1.83. The van der Waals surface area contributed by atoms with Gasteiger partial charge in [-0.05, 0) is 23.6 Å². The van der Waals surface area contributed by atoms with Crippen LogP contribution >= 0.6 is 11.3 Å². The fourth-order valence-electron chi connectivity index (χ4n) is 3.11. The van der Waals surface area contributed by atoms with Gasteiger partial charge >= 0.3 is 6.03 Å². The molecule has 142 valence electrons. The highest BCUT2D eigenvalue weighted by molar-refractivity contribution is 7.10. The van der Waals surface area contributed by atoms with Crippen molar-refractivity contribution in [1.82, 2.24) is 15.1 Å². The van der Waals surface area contributed by atoms with Gasteiger partial charge in [0.2, 0.25) is 5.91 Å². The maximum atomic E-state index is 12.7. The summed E-state index contributed by atoms with van der Waals surface area (Å²) in [7, 11) is 0. The van der Waals surface area contributed by atoms with Crippen LogP contribution in [0.3, 0.4) is 0 Å². The Bertz CT molecular complexity index is 787. The number of nitrogens with one attached hydrogen (secondary N) is 1. The van der Waals surface area contributed by atoms with Gasteiger partial charge in [-0.25, -0.2) is 4.79 Å². The van der Waals surface area contributed by atoms with E-state index < -0.39 is 12.1 Å². The van der Waals surface area contributed by atoms with Crippen molar-refractivity contribution in [3.8, 4) is 0 Å². The highest BCUT2D eigenvalue weighted by Crippen LogP contribution is 2.23. The van der Waals surface area contributed by atoms with Gasteiger partial charge in [0.25, 0.3) is 5.91 Å². The SMILES string of the molecule is NC(=O)NC(CC(=O)N1CCN(C(=O)c2ccccc2)CC1)c1cccs1. The molecule has 0 spiro atoms. The lowest BCUT2D eigenvalue weighted by molar-refractivity contribution is -0.133. The fraction of sp³-hybridized carbons (Fsp3) is 0.316. The first kappa shape index (κ1) is 18.9. The van der Waals surface area contributed by atoms with Crippen LogP contribution < -0.4 is 11.1 Å². The average Bonchev–Trinajstić information content (AvgIpc) is 3.22. The average molecular weight is 386 g/mol. The van der Waals surface area contributed by atoms with Gasteiger partial charge in [-0.3, -0.25) is 9.59 Å². The topological polar surface area (TPSA) is 95.7 Å². The molecule has 27 heavy (non-hydrogen) atoms. The van der Waals surface area contributed by atoms with Crippen molar-refractivity contribution >= 4 is 29.2 Å². The van der Waals surface area contributed by atoms with E-state index in [0.29, 0.717) is 31.7 Å². The molecule has 0 aliphatic carbocycles. The smallest absolute Gasteiger partial charge is 0.312 e. The van der Waals surface area contributed by atoms with Crippen molar-refractivity contribution in [3.63, 3.8) is 0 Å². The van der Waals surface area contributed by atoms with Crippen LogP contribution in [0.25, 0.3) is 0 Å². The zero-order valence-corrected chi connectivity index (χ0v) is 15.7. The first-order valence-corrected chi connectivity index (χ1v) is 9.64. The summed E-state index contributed by atoms with van der Waals surface area (Å²) in [5.41, 5.74) is 5.90. The van der Waals surface area contributed by atoms with Gasteiger partial charge < -0.3 is 20.9 Å². The second-order valence-electron chi connectivity index (χ2n) is 6.32. The van der Waals surface area contributed by atoms with E-state index in [-0.39, 0.29) is 18.2 Å². The van der Waals surface area contributed by atoms with Crippen LogP contribution in [0.2, 0.25) is 0 Å². The molecule has 1 fully saturated rings. The molecular weight excluding hydrogens is 364 g/mol. The van der Waals surface area contributed by atoms with E-state index in [0.717, 1.165) is 4.88 Å². The lowest BCUT2D eigenvalue weighted by Crippen LogP contribution is -2.51. The molecule has 1 saturated heterocycles. The molecule has 1 unspecified atom stereocenters. The van der Waals surface area contributed by atoms with Crippen molar-refractivity contribution in [2.45, 2.75) is 12.5 Å². The van der Waals surface area contributed by atoms with Crippen molar-refractivity contribution < 1.29 is 14.4 Å². The minimum absolute atomic E-state index is 0.0189. The van der Waals surface area contributed by atoms with Crippen LogP contribution in [-0.4, -0.2) is 53.8 Å². The Morgan fingerprint density at radius 1 is 1.00 bits per heavy atom. The molecule has 1 aliphatic heterocycles. The summed E-state index contributed by atoms with van der Waals surface area (Å²) in [5, 5.41) is 4.53. The number of carbonyl (C=O) groups is 3. The van der Waals surface area contributed by atoms with E-state index in [9.17, 15) is 14.4 Å². The Hall–Kier alpha value is -2.87. The van der Waals surface area contributed by atoms with Crippen LogP contribution in [0.1, 0.15) is 27.7 Å². The molecule has 7 nitrogen and oxygen atoms in total. The summed E-state index contributed by atoms with van der Waals surface area (Å²) in [6, 6.07) is 11.8. The molecule has 3 rings (SSSR count). The molecule has 0 saturated carbocycles. The zero-order valence-electron chi connectivity index (χ0n) is 14.8. The highest BCUT2D eigenvalue weighted by Gasteiger charge is 2.27. The van der Waals surface area contributed by atoms with E-state index in [4.69, 9.17) is 5.73 Å². The van der Waals surface area contributed by atoms with Crippen LogP contribution in [0.5, 0.6) is 0 Å². The van der Waals surface area contributed by atoms with E-state index in [1.165, 1.54) is 11.3 Å². The van der Waals surface area contributed by atoms with E-state index in [1.54, 1.807) is 21.9 Å². The molecule has 1 aliphatic rings. The van der Waals surface area contributed by atoms with Crippen LogP contribution in [0.4, 0.5) is 4.79 Å². The van der Waals surface area contributed by atoms with Gasteiger partial charge in [-0.2, -0.15) is 0 Å². The third-order valence-corrected chi connectivity index (χ3v) is 5.51. The molecule has 2 aromatic rings. The number of benzene rings is 1. The molecule has 2 heterocycles. The van der Waals surface area contributed by atoms with Crippen molar-refractivity contribution in [3.05, 3.63) is 58.3 Å². The number of hydrogen-bond donors (Lipinski definition) is 2. The predicted molar refractivity (Wildman–Crippen MR) is 103 cm³/mol. The van der Waals surface area contributed by atoms with Gasteiger partial charge in [0, 0.05) is 36.6 Å². The molecule has 1 atom stereocenters. The third-order valence-electron chi connectivity index (χ3n) is 4.52. The number of urea groups is 1. The molecule has 4 amide bonds. The van der Waals surface area contributed by atoms with Gasteiger partial charge in [-0.1, -0.05) is 24.3 Å². The summed E-state index contributed by atoms with van der Waals surface area (Å²) in [5.74, 6) is -0.0801. The molecule has 1 aromatic carbocycles. The molecule has 1 aromatic heterocycles. The molecule has 3 N–H and O–H groups in total. The molecule has 8 heteroatoms. The fourth-order valence-corrected chi connectivity index (χ4v) is 3.89. The number of nitrogens with zero attached hydrogens (tertiary/aromatic N) is 2. The van der Waals surface area contributed by atoms with Crippen LogP contribution in [0, 0.1) is 0 Å². The first-order chi connectivity index (χ1) is 13.0. The Morgan fingerprint density at radius 3 is 2.26 bits per heavy atom. The third kappa shape index (κ3) is 4.85. The van der Waals surface area contributed by atoms with Crippen LogP contribution in [-0.2, 0) is 4.79 Å². The largest absolute Gasteiger partial charge is 0.352 e. The monoisotopic (exact) mass is 386 g/mol. The van der Waals surface area contributed by atoms with E-state index in [2.05, 4.69) is 5.32 Å².